The molecule has 2 aromatic carbocycles. The molecule has 2 aliphatic heterocycles. The molecule has 5 fully saturated rings. The lowest BCUT2D eigenvalue weighted by Gasteiger charge is -2.52. The van der Waals surface area contributed by atoms with Gasteiger partial charge in [0.15, 0.2) is 5.82 Å². The molecular weight excluding hydrogens is 630 g/mol. The van der Waals surface area contributed by atoms with Gasteiger partial charge in [-0.25, -0.2) is 4.98 Å². The first-order valence-corrected chi connectivity index (χ1v) is 18.2. The number of halogens is 1. The van der Waals surface area contributed by atoms with Gasteiger partial charge in [0.1, 0.15) is 11.3 Å². The van der Waals surface area contributed by atoms with Gasteiger partial charge in [-0.1, -0.05) is 29.8 Å². The monoisotopic (exact) mass is 665 g/mol. The average Bonchev–Trinajstić information content (AvgIpc) is 3.47. The van der Waals surface area contributed by atoms with Crippen LogP contribution in [0.2, 0.25) is 4.34 Å². The van der Waals surface area contributed by atoms with Crippen molar-refractivity contribution in [1.29, 1.82) is 0 Å². The zero-order valence-corrected chi connectivity index (χ0v) is 27.8. The summed E-state index contributed by atoms with van der Waals surface area (Å²) in [5, 5.41) is 1.20. The van der Waals surface area contributed by atoms with Crippen molar-refractivity contribution in [2.45, 2.75) is 44.8 Å². The van der Waals surface area contributed by atoms with Crippen LogP contribution < -0.4 is 4.74 Å². The van der Waals surface area contributed by atoms with E-state index < -0.39 is 0 Å². The van der Waals surface area contributed by atoms with Crippen LogP contribution in [-0.2, 0) is 13.1 Å². The van der Waals surface area contributed by atoms with Crippen molar-refractivity contribution in [3.05, 3.63) is 69.4 Å². The Morgan fingerprint density at radius 3 is 2.51 bits per heavy atom. The number of nitrogens with zero attached hydrogens (tertiary/aromatic N) is 5. The average molecular weight is 666 g/mol. The molecule has 10 rings (SSSR count). The number of amides is 2. The molecular formula is C37H36ClN5O3S. The summed E-state index contributed by atoms with van der Waals surface area (Å²) < 4.78 is 11.4. The van der Waals surface area contributed by atoms with Crippen LogP contribution in [0.15, 0.2) is 54.6 Å². The first kappa shape index (κ1) is 28.2. The zero-order chi connectivity index (χ0) is 31.6. The lowest BCUT2D eigenvalue weighted by molar-refractivity contribution is -0.0204. The third kappa shape index (κ3) is 4.35. The second-order valence-corrected chi connectivity index (χ2v) is 16.2. The number of thiophene rings is 1. The highest BCUT2D eigenvalue weighted by molar-refractivity contribution is 7.18. The summed E-state index contributed by atoms with van der Waals surface area (Å²) in [5.41, 5.74) is 4.64. The van der Waals surface area contributed by atoms with Gasteiger partial charge in [0.25, 0.3) is 11.8 Å². The summed E-state index contributed by atoms with van der Waals surface area (Å²) in [7, 11) is 1.69. The lowest BCUT2D eigenvalue weighted by Crippen LogP contribution is -2.53. The first-order valence-electron chi connectivity index (χ1n) is 17.0. The fourth-order valence-corrected chi connectivity index (χ4v) is 10.1. The number of carbonyl (C=O) groups is 2. The van der Waals surface area contributed by atoms with Crippen LogP contribution in [0.25, 0.3) is 33.5 Å². The SMILES string of the molecule is COc1cc(C(=O)N2CC3CC4CC2[C@H]43)cc2nc(-c3cc4ccccc4n3CC3CC3)n(CC3CN(C(=O)c4ccc(Cl)s4)C3)c12. The standard InChI is InChI=1S/C37H36ClN5O3S/c1-46-30-14-24(36(44)42-19-25-10-23-13-28(42)33(23)25)11-26-34(30)43(18-21-15-40(16-21)37(45)31-8-9-32(38)47-31)35(39-26)29-12-22-4-2-3-5-27(22)41(29)17-20-6-7-20/h2-5,8-9,11-12,14,20-21,23,25,28,33H,6-7,10,13,15-19H2,1H3/t23?,25?,28?,33-/m1/s1. The Morgan fingerprint density at radius 1 is 0.936 bits per heavy atom. The minimum Gasteiger partial charge on any atom is -0.494 e. The van der Waals surface area contributed by atoms with Gasteiger partial charge in [-0.2, -0.15) is 0 Å². The molecule has 2 saturated heterocycles. The maximum absolute atomic E-state index is 14.0. The number of benzene rings is 2. The zero-order valence-electron chi connectivity index (χ0n) is 26.3. The Kier molecular flexibility index (Phi) is 6.21. The molecule has 5 aliphatic rings. The molecule has 5 heterocycles. The molecule has 47 heavy (non-hydrogen) atoms. The van der Waals surface area contributed by atoms with Gasteiger partial charge in [-0.15, -0.1) is 11.3 Å². The topological polar surface area (TPSA) is 72.6 Å². The van der Waals surface area contributed by atoms with Crippen LogP contribution in [0, 0.1) is 29.6 Å². The van der Waals surface area contributed by atoms with E-state index >= 15 is 0 Å². The second-order valence-electron chi connectivity index (χ2n) is 14.5. The van der Waals surface area contributed by atoms with E-state index in [2.05, 4.69) is 44.4 Å². The normalized spacial score (nSPS) is 24.7. The number of hydrogen-bond donors (Lipinski definition) is 0. The molecule has 3 unspecified atom stereocenters. The van der Waals surface area contributed by atoms with Crippen molar-refractivity contribution in [2.24, 2.45) is 29.6 Å². The van der Waals surface area contributed by atoms with E-state index in [1.165, 1.54) is 41.5 Å². The Hall–Kier alpha value is -3.82. The number of rotatable bonds is 8. The van der Waals surface area contributed by atoms with Crippen LogP contribution in [0.1, 0.15) is 45.7 Å². The molecule has 0 radical (unpaired) electrons. The summed E-state index contributed by atoms with van der Waals surface area (Å²) >= 11 is 7.45. The summed E-state index contributed by atoms with van der Waals surface area (Å²) in [4.78, 5) is 37.2. The molecule has 5 aromatic rings. The second kappa shape index (κ2) is 10.3. The Morgan fingerprint density at radius 2 is 1.77 bits per heavy atom. The van der Waals surface area contributed by atoms with E-state index in [1.807, 2.05) is 23.1 Å². The van der Waals surface area contributed by atoms with Crippen LogP contribution >= 0.6 is 22.9 Å². The highest BCUT2D eigenvalue weighted by Crippen LogP contribution is 2.60. The smallest absolute Gasteiger partial charge is 0.263 e. The van der Waals surface area contributed by atoms with Crippen molar-refractivity contribution in [1.82, 2.24) is 23.9 Å². The molecule has 8 nitrogen and oxygen atoms in total. The lowest BCUT2D eigenvalue weighted by atomic mass is 9.53. The summed E-state index contributed by atoms with van der Waals surface area (Å²) in [5.74, 6) is 4.86. The van der Waals surface area contributed by atoms with Crippen LogP contribution in [0.5, 0.6) is 5.75 Å². The number of carbonyl (C=O) groups excluding carboxylic acids is 2. The number of hydrogen-bond acceptors (Lipinski definition) is 5. The van der Waals surface area contributed by atoms with E-state index in [9.17, 15) is 9.59 Å². The van der Waals surface area contributed by atoms with E-state index in [-0.39, 0.29) is 17.7 Å². The molecule has 10 heteroatoms. The summed E-state index contributed by atoms with van der Waals surface area (Å²) in [6.45, 7) is 3.85. The first-order chi connectivity index (χ1) is 22.9. The van der Waals surface area contributed by atoms with E-state index in [0.29, 0.717) is 58.0 Å². The number of fused-ring (bicyclic) bond motifs is 2. The van der Waals surface area contributed by atoms with Crippen LogP contribution in [0.3, 0.4) is 0 Å². The van der Waals surface area contributed by atoms with Crippen molar-refractivity contribution < 1.29 is 14.3 Å². The molecule has 4 atom stereocenters. The number of likely N-dealkylation sites (tertiary alicyclic amines) is 2. The Labute approximate surface area is 281 Å². The highest BCUT2D eigenvalue weighted by Gasteiger charge is 2.61. The van der Waals surface area contributed by atoms with Gasteiger partial charge in [-0.05, 0) is 85.8 Å². The maximum atomic E-state index is 14.0. The largest absolute Gasteiger partial charge is 0.494 e. The predicted octanol–water partition coefficient (Wildman–Crippen LogP) is 7.04. The molecule has 3 aromatic heterocycles. The van der Waals surface area contributed by atoms with E-state index in [0.717, 1.165) is 53.9 Å². The Balaban J connectivity index is 1.05. The third-order valence-electron chi connectivity index (χ3n) is 11.7. The van der Waals surface area contributed by atoms with Crippen LogP contribution in [-0.4, -0.2) is 68.5 Å². The van der Waals surface area contributed by atoms with Gasteiger partial charge < -0.3 is 23.7 Å². The number of para-hydroxylation sites is 1. The van der Waals surface area contributed by atoms with Crippen molar-refractivity contribution in [2.75, 3.05) is 26.7 Å². The molecule has 3 saturated carbocycles. The highest BCUT2D eigenvalue weighted by atomic mass is 35.5. The molecule has 3 aliphatic carbocycles. The quantitative estimate of drug-likeness (QED) is 0.178. The maximum Gasteiger partial charge on any atom is 0.263 e. The van der Waals surface area contributed by atoms with Crippen molar-refractivity contribution in [3.63, 3.8) is 0 Å². The molecule has 0 bridgehead atoms. The molecule has 0 N–H and O–H groups in total. The number of imidazole rings is 1. The number of ether oxygens (including phenoxy) is 1. The Bertz CT molecular complexity index is 2110. The minimum absolute atomic E-state index is 0.0345. The van der Waals surface area contributed by atoms with Crippen LogP contribution in [0.4, 0.5) is 0 Å². The minimum atomic E-state index is 0.0345. The van der Waals surface area contributed by atoms with Gasteiger partial charge >= 0.3 is 0 Å². The van der Waals surface area contributed by atoms with Crippen molar-refractivity contribution >= 4 is 56.7 Å². The van der Waals surface area contributed by atoms with Gasteiger partial charge in [0.2, 0.25) is 0 Å². The van der Waals surface area contributed by atoms with Gasteiger partial charge in [0.05, 0.1) is 27.5 Å². The molecule has 0 spiro atoms. The van der Waals surface area contributed by atoms with Gasteiger partial charge in [0, 0.05) is 61.1 Å². The number of methoxy groups -OCH3 is 1. The summed E-state index contributed by atoms with van der Waals surface area (Å²) in [6.07, 6.45) is 4.93. The van der Waals surface area contributed by atoms with Gasteiger partial charge in [-0.3, -0.25) is 9.59 Å². The van der Waals surface area contributed by atoms with E-state index in [1.54, 1.807) is 13.2 Å². The fourth-order valence-electron chi connectivity index (χ4n) is 9.09. The molecule has 240 valence electrons. The van der Waals surface area contributed by atoms with E-state index in [4.69, 9.17) is 21.3 Å². The third-order valence-corrected chi connectivity index (χ3v) is 12.9. The summed E-state index contributed by atoms with van der Waals surface area (Å²) in [6, 6.07) is 18.7. The van der Waals surface area contributed by atoms with Crippen molar-refractivity contribution in [3.8, 4) is 17.3 Å². The molecule has 2 amide bonds. The predicted molar refractivity (Wildman–Crippen MR) is 183 cm³/mol. The fraction of sp³-hybridized carbons (Fsp3) is 0.432. The number of aromatic nitrogens is 3.